The van der Waals surface area contributed by atoms with Gasteiger partial charge in [0.1, 0.15) is 0 Å². The lowest BCUT2D eigenvalue weighted by atomic mass is 10.0. The number of aromatic nitrogens is 1. The number of fused-ring (bicyclic) bond motifs is 1. The standard InChI is InChI=1S/C20H14N2O2S/c23-19-18(11-14-5-4-10-21-12-14)25-20(24)22(19)13-16-8-3-7-15-6-1-2-9-17(15)16/h1-12H,13H2/b18-11+. The van der Waals surface area contributed by atoms with E-state index in [9.17, 15) is 9.59 Å². The van der Waals surface area contributed by atoms with Gasteiger partial charge in [-0.15, -0.1) is 0 Å². The Morgan fingerprint density at radius 3 is 2.68 bits per heavy atom. The lowest BCUT2D eigenvalue weighted by Crippen LogP contribution is -2.27. The summed E-state index contributed by atoms with van der Waals surface area (Å²) >= 11 is 0.972. The first-order chi connectivity index (χ1) is 12.2. The molecular weight excluding hydrogens is 332 g/mol. The number of carbonyl (C=O) groups is 2. The van der Waals surface area contributed by atoms with Crippen LogP contribution in [0, 0.1) is 0 Å². The fraction of sp³-hybridized carbons (Fsp3) is 0.0500. The van der Waals surface area contributed by atoms with Crippen LogP contribution in [-0.4, -0.2) is 21.0 Å². The van der Waals surface area contributed by atoms with Gasteiger partial charge in [-0.1, -0.05) is 48.5 Å². The molecule has 4 rings (SSSR count). The van der Waals surface area contributed by atoms with E-state index in [1.54, 1.807) is 24.5 Å². The SMILES string of the molecule is O=C1S/C(=C/c2cccnc2)C(=O)N1Cc1cccc2ccccc12. The molecule has 4 nitrogen and oxygen atoms in total. The van der Waals surface area contributed by atoms with Gasteiger partial charge >= 0.3 is 0 Å². The van der Waals surface area contributed by atoms with Crippen molar-refractivity contribution in [2.75, 3.05) is 0 Å². The van der Waals surface area contributed by atoms with Crippen molar-refractivity contribution in [1.29, 1.82) is 0 Å². The molecule has 25 heavy (non-hydrogen) atoms. The van der Waals surface area contributed by atoms with Crippen LogP contribution in [0.4, 0.5) is 4.79 Å². The van der Waals surface area contributed by atoms with Crippen LogP contribution in [0.5, 0.6) is 0 Å². The van der Waals surface area contributed by atoms with E-state index in [4.69, 9.17) is 0 Å². The molecule has 0 aliphatic carbocycles. The van der Waals surface area contributed by atoms with Crippen molar-refractivity contribution in [3.63, 3.8) is 0 Å². The van der Waals surface area contributed by atoms with Crippen molar-refractivity contribution in [3.8, 4) is 0 Å². The van der Waals surface area contributed by atoms with Gasteiger partial charge in [0, 0.05) is 12.4 Å². The van der Waals surface area contributed by atoms with Crippen molar-refractivity contribution >= 4 is 39.8 Å². The summed E-state index contributed by atoms with van der Waals surface area (Å²) in [5.41, 5.74) is 1.76. The third-order valence-corrected chi connectivity index (χ3v) is 4.97. The Bertz CT molecular complexity index is 994. The molecule has 122 valence electrons. The predicted molar refractivity (Wildman–Crippen MR) is 99.7 cm³/mol. The first-order valence-corrected chi connectivity index (χ1v) is 8.66. The summed E-state index contributed by atoms with van der Waals surface area (Å²) in [5.74, 6) is -0.258. The molecule has 0 bridgehead atoms. The van der Waals surface area contributed by atoms with E-state index >= 15 is 0 Å². The van der Waals surface area contributed by atoms with E-state index in [0.717, 1.165) is 33.7 Å². The van der Waals surface area contributed by atoms with Crippen LogP contribution in [0.25, 0.3) is 16.8 Å². The Morgan fingerprint density at radius 2 is 1.84 bits per heavy atom. The van der Waals surface area contributed by atoms with Crippen molar-refractivity contribution in [3.05, 3.63) is 83.0 Å². The minimum atomic E-state index is -0.258. The zero-order valence-corrected chi connectivity index (χ0v) is 14.1. The van der Waals surface area contributed by atoms with Gasteiger partial charge in [-0.05, 0) is 45.8 Å². The molecule has 0 N–H and O–H groups in total. The summed E-state index contributed by atoms with van der Waals surface area (Å²) in [6.45, 7) is 0.274. The van der Waals surface area contributed by atoms with Gasteiger partial charge in [0.25, 0.3) is 11.1 Å². The topological polar surface area (TPSA) is 50.3 Å². The number of amides is 2. The van der Waals surface area contributed by atoms with Gasteiger partial charge in [0.2, 0.25) is 0 Å². The molecule has 1 saturated heterocycles. The van der Waals surface area contributed by atoms with E-state index in [2.05, 4.69) is 4.98 Å². The maximum Gasteiger partial charge on any atom is 0.293 e. The van der Waals surface area contributed by atoms with Gasteiger partial charge in [0.05, 0.1) is 11.4 Å². The number of rotatable bonds is 3. The van der Waals surface area contributed by atoms with Crippen LogP contribution in [0.15, 0.2) is 71.9 Å². The number of hydrogen-bond acceptors (Lipinski definition) is 4. The largest absolute Gasteiger partial charge is 0.293 e. The van der Waals surface area contributed by atoms with E-state index in [0.29, 0.717) is 4.91 Å². The maximum atomic E-state index is 12.7. The highest BCUT2D eigenvalue weighted by Crippen LogP contribution is 2.34. The molecule has 0 saturated carbocycles. The molecule has 2 heterocycles. The lowest BCUT2D eigenvalue weighted by molar-refractivity contribution is -0.123. The second-order valence-electron chi connectivity index (χ2n) is 5.69. The Hall–Kier alpha value is -2.92. The Labute approximate surface area is 149 Å². The quantitative estimate of drug-likeness (QED) is 0.657. The number of hydrogen-bond donors (Lipinski definition) is 0. The Balaban J connectivity index is 1.64. The van der Waals surface area contributed by atoms with E-state index in [1.807, 2.05) is 48.5 Å². The average molecular weight is 346 g/mol. The number of imide groups is 1. The van der Waals surface area contributed by atoms with Crippen LogP contribution >= 0.6 is 11.8 Å². The smallest absolute Gasteiger partial charge is 0.268 e. The number of thioether (sulfide) groups is 1. The number of carbonyl (C=O) groups excluding carboxylic acids is 2. The van der Waals surface area contributed by atoms with Gasteiger partial charge < -0.3 is 0 Å². The number of nitrogens with zero attached hydrogens (tertiary/aromatic N) is 2. The molecule has 3 aromatic rings. The van der Waals surface area contributed by atoms with Crippen LogP contribution in [0.2, 0.25) is 0 Å². The highest BCUT2D eigenvalue weighted by Gasteiger charge is 2.35. The molecule has 1 fully saturated rings. The second kappa shape index (κ2) is 6.53. The van der Waals surface area contributed by atoms with Crippen molar-refractivity contribution in [1.82, 2.24) is 9.88 Å². The molecule has 2 aromatic carbocycles. The van der Waals surface area contributed by atoms with Crippen molar-refractivity contribution in [2.24, 2.45) is 0 Å². The molecule has 5 heteroatoms. The zero-order valence-electron chi connectivity index (χ0n) is 13.3. The molecule has 0 radical (unpaired) electrons. The highest BCUT2D eigenvalue weighted by atomic mass is 32.2. The average Bonchev–Trinajstić information content (AvgIpc) is 2.90. The zero-order chi connectivity index (χ0) is 17.2. The Kier molecular flexibility index (Phi) is 4.07. The van der Waals surface area contributed by atoms with Crippen LogP contribution in [0.1, 0.15) is 11.1 Å². The molecular formula is C20H14N2O2S. The summed E-state index contributed by atoms with van der Waals surface area (Å²) in [7, 11) is 0. The summed E-state index contributed by atoms with van der Waals surface area (Å²) in [6.07, 6.45) is 5.04. The molecule has 0 unspecified atom stereocenters. The van der Waals surface area contributed by atoms with Crippen LogP contribution in [0.3, 0.4) is 0 Å². The van der Waals surface area contributed by atoms with Crippen molar-refractivity contribution in [2.45, 2.75) is 6.54 Å². The van der Waals surface area contributed by atoms with Gasteiger partial charge in [0.15, 0.2) is 0 Å². The molecule has 1 aliphatic rings. The van der Waals surface area contributed by atoms with E-state index < -0.39 is 0 Å². The second-order valence-corrected chi connectivity index (χ2v) is 6.69. The van der Waals surface area contributed by atoms with Gasteiger partial charge in [-0.2, -0.15) is 0 Å². The van der Waals surface area contributed by atoms with E-state index in [-0.39, 0.29) is 17.7 Å². The monoisotopic (exact) mass is 346 g/mol. The number of benzene rings is 2. The summed E-state index contributed by atoms with van der Waals surface area (Å²) in [5, 5.41) is 1.91. The summed E-state index contributed by atoms with van der Waals surface area (Å²) in [6, 6.07) is 17.5. The first-order valence-electron chi connectivity index (χ1n) is 7.84. The third-order valence-electron chi connectivity index (χ3n) is 4.06. The van der Waals surface area contributed by atoms with Gasteiger partial charge in [-0.25, -0.2) is 0 Å². The molecule has 0 atom stereocenters. The molecule has 0 spiro atoms. The predicted octanol–water partition coefficient (Wildman–Crippen LogP) is 4.47. The normalized spacial score (nSPS) is 16.2. The fourth-order valence-corrected chi connectivity index (χ4v) is 3.69. The first kappa shape index (κ1) is 15.6. The maximum absolute atomic E-state index is 12.7. The third kappa shape index (κ3) is 3.06. The lowest BCUT2D eigenvalue weighted by Gasteiger charge is -2.14. The highest BCUT2D eigenvalue weighted by molar-refractivity contribution is 8.18. The van der Waals surface area contributed by atoms with E-state index in [1.165, 1.54) is 4.90 Å². The minimum absolute atomic E-state index is 0.243. The Morgan fingerprint density at radius 1 is 1.00 bits per heavy atom. The fourth-order valence-electron chi connectivity index (χ4n) is 2.85. The summed E-state index contributed by atoms with van der Waals surface area (Å²) in [4.78, 5) is 30.8. The minimum Gasteiger partial charge on any atom is -0.268 e. The summed E-state index contributed by atoms with van der Waals surface area (Å²) < 4.78 is 0. The van der Waals surface area contributed by atoms with Crippen LogP contribution in [-0.2, 0) is 11.3 Å². The van der Waals surface area contributed by atoms with Crippen LogP contribution < -0.4 is 0 Å². The molecule has 1 aromatic heterocycles. The number of pyridine rings is 1. The molecule has 2 amide bonds. The van der Waals surface area contributed by atoms with Crippen molar-refractivity contribution < 1.29 is 9.59 Å². The van der Waals surface area contributed by atoms with Gasteiger partial charge in [-0.3, -0.25) is 19.5 Å². The molecule has 1 aliphatic heterocycles.